The van der Waals surface area contributed by atoms with Gasteiger partial charge < -0.3 is 5.11 Å². The van der Waals surface area contributed by atoms with Gasteiger partial charge in [-0.2, -0.15) is 0 Å². The van der Waals surface area contributed by atoms with Gasteiger partial charge in [-0.05, 0) is 36.6 Å². The number of phenolic OH excluding ortho intramolecular Hbond substituents is 1. The van der Waals surface area contributed by atoms with Gasteiger partial charge in [0, 0.05) is 21.8 Å². The summed E-state index contributed by atoms with van der Waals surface area (Å²) in [5.41, 5.74) is 0.741. The third kappa shape index (κ3) is 2.45. The minimum atomic E-state index is 0.270. The number of aromatic nitrogens is 1. The first-order valence-corrected chi connectivity index (χ1v) is 8.01. The fraction of sp³-hybridized carbons (Fsp3) is 0.0556. The Kier molecular flexibility index (Phi) is 3.28. The molecular weight excluding hydrogens is 306 g/mol. The van der Waals surface area contributed by atoms with Crippen molar-refractivity contribution in [2.45, 2.75) is 6.92 Å². The molecule has 112 valence electrons. The molecular formula is C18H13N3OS. The Morgan fingerprint density at radius 2 is 1.87 bits per heavy atom. The lowest BCUT2D eigenvalue weighted by molar-refractivity contribution is 0.482. The van der Waals surface area contributed by atoms with Gasteiger partial charge in [-0.3, -0.25) is 0 Å². The molecule has 0 radical (unpaired) electrons. The molecule has 0 atom stereocenters. The van der Waals surface area contributed by atoms with E-state index < -0.39 is 0 Å². The molecule has 4 nitrogen and oxygen atoms in total. The molecule has 0 spiro atoms. The first kappa shape index (κ1) is 13.8. The smallest absolute Gasteiger partial charge is 0.182 e. The summed E-state index contributed by atoms with van der Waals surface area (Å²) in [5.74, 6) is 0.865. The second-order valence-corrected chi connectivity index (χ2v) is 6.52. The number of hydrogen-bond acceptors (Lipinski definition) is 5. The van der Waals surface area contributed by atoms with Gasteiger partial charge in [-0.25, -0.2) is 4.98 Å². The molecule has 0 saturated carbocycles. The van der Waals surface area contributed by atoms with Crippen molar-refractivity contribution >= 4 is 43.7 Å². The van der Waals surface area contributed by atoms with Crippen LogP contribution in [0.5, 0.6) is 5.75 Å². The molecule has 4 rings (SSSR count). The molecule has 2 heterocycles. The van der Waals surface area contributed by atoms with Crippen LogP contribution in [0.25, 0.3) is 20.9 Å². The Morgan fingerprint density at radius 3 is 2.78 bits per heavy atom. The highest BCUT2D eigenvalue weighted by molar-refractivity contribution is 7.19. The van der Waals surface area contributed by atoms with Crippen LogP contribution in [0, 0.1) is 6.92 Å². The summed E-state index contributed by atoms with van der Waals surface area (Å²) in [6.07, 6.45) is 1.73. The number of phenols is 1. The monoisotopic (exact) mass is 319 g/mol. The van der Waals surface area contributed by atoms with Gasteiger partial charge >= 0.3 is 0 Å². The zero-order chi connectivity index (χ0) is 15.8. The summed E-state index contributed by atoms with van der Waals surface area (Å²) < 4.78 is 0.937. The van der Waals surface area contributed by atoms with Crippen molar-refractivity contribution in [3.63, 3.8) is 0 Å². The van der Waals surface area contributed by atoms with Gasteiger partial charge in [0.25, 0.3) is 0 Å². The number of benzene rings is 2. The zero-order valence-corrected chi connectivity index (χ0v) is 13.2. The van der Waals surface area contributed by atoms with Crippen molar-refractivity contribution in [2.24, 2.45) is 10.2 Å². The van der Waals surface area contributed by atoms with Crippen LogP contribution in [0.3, 0.4) is 0 Å². The molecule has 0 amide bonds. The maximum atomic E-state index is 9.96. The van der Waals surface area contributed by atoms with Gasteiger partial charge in [0.1, 0.15) is 11.4 Å². The van der Waals surface area contributed by atoms with Crippen molar-refractivity contribution in [3.8, 4) is 5.75 Å². The number of thiophene rings is 1. The molecule has 4 aromatic rings. The predicted octanol–water partition coefficient (Wildman–Crippen LogP) is 5.88. The Labute approximate surface area is 136 Å². The second-order valence-electron chi connectivity index (χ2n) is 5.26. The van der Waals surface area contributed by atoms with E-state index in [1.165, 1.54) is 0 Å². The summed E-state index contributed by atoms with van der Waals surface area (Å²) in [4.78, 5) is 5.44. The number of aromatic hydroxyl groups is 1. The molecule has 0 bridgehead atoms. The van der Waals surface area contributed by atoms with E-state index >= 15 is 0 Å². The van der Waals surface area contributed by atoms with Crippen molar-refractivity contribution in [3.05, 3.63) is 59.6 Å². The normalized spacial score (nSPS) is 11.7. The number of azo groups is 1. The average Bonchev–Trinajstić information content (AvgIpc) is 2.97. The first-order chi connectivity index (χ1) is 11.2. The van der Waals surface area contributed by atoms with E-state index in [0.717, 1.165) is 31.4 Å². The summed E-state index contributed by atoms with van der Waals surface area (Å²) in [6, 6.07) is 15.3. The van der Waals surface area contributed by atoms with Crippen LogP contribution in [0.1, 0.15) is 4.88 Å². The zero-order valence-electron chi connectivity index (χ0n) is 12.4. The van der Waals surface area contributed by atoms with Crippen LogP contribution >= 0.6 is 11.3 Å². The largest absolute Gasteiger partial charge is 0.507 e. The van der Waals surface area contributed by atoms with Crippen molar-refractivity contribution in [1.82, 2.24) is 4.98 Å². The molecule has 2 aromatic heterocycles. The molecule has 2 aromatic carbocycles. The maximum absolute atomic E-state index is 9.96. The van der Waals surface area contributed by atoms with E-state index in [9.17, 15) is 5.11 Å². The molecule has 0 saturated heterocycles. The topological polar surface area (TPSA) is 57.8 Å². The van der Waals surface area contributed by atoms with E-state index in [2.05, 4.69) is 15.2 Å². The summed E-state index contributed by atoms with van der Waals surface area (Å²) in [7, 11) is 0. The van der Waals surface area contributed by atoms with E-state index in [0.29, 0.717) is 5.82 Å². The standard InChI is InChI=1S/C18H13N3OS/c1-11-10-14-16(22)7-6-15(17(14)23-11)20-21-18-13-5-3-2-4-12(13)8-9-19-18/h2-10,22H,1H3/b21-20+. The number of hydrogen-bond donors (Lipinski definition) is 1. The Bertz CT molecular complexity index is 1050. The third-order valence-electron chi connectivity index (χ3n) is 3.67. The summed E-state index contributed by atoms with van der Waals surface area (Å²) in [6.45, 7) is 2.01. The Balaban J connectivity index is 1.84. The highest BCUT2D eigenvalue weighted by Gasteiger charge is 2.09. The van der Waals surface area contributed by atoms with Crippen molar-refractivity contribution in [2.75, 3.05) is 0 Å². The minimum Gasteiger partial charge on any atom is -0.507 e. The second kappa shape index (κ2) is 5.44. The number of rotatable bonds is 2. The van der Waals surface area contributed by atoms with E-state index in [1.807, 2.05) is 43.3 Å². The Morgan fingerprint density at radius 1 is 1.00 bits per heavy atom. The molecule has 5 heteroatoms. The van der Waals surface area contributed by atoms with Gasteiger partial charge in [0.2, 0.25) is 0 Å². The van der Waals surface area contributed by atoms with Crippen LogP contribution in [-0.2, 0) is 0 Å². The van der Waals surface area contributed by atoms with Crippen molar-refractivity contribution < 1.29 is 5.11 Å². The van der Waals surface area contributed by atoms with E-state index in [1.54, 1.807) is 29.7 Å². The van der Waals surface area contributed by atoms with Crippen LogP contribution < -0.4 is 0 Å². The average molecular weight is 319 g/mol. The number of aryl methyl sites for hydroxylation is 1. The Hall–Kier alpha value is -2.79. The van der Waals surface area contributed by atoms with Crippen LogP contribution in [0.2, 0.25) is 0 Å². The van der Waals surface area contributed by atoms with Crippen LogP contribution in [-0.4, -0.2) is 10.1 Å². The third-order valence-corrected chi connectivity index (χ3v) is 4.74. The lowest BCUT2D eigenvalue weighted by Gasteiger charge is -2.00. The van der Waals surface area contributed by atoms with Gasteiger partial charge in [0.15, 0.2) is 5.82 Å². The molecule has 0 fully saturated rings. The minimum absolute atomic E-state index is 0.270. The van der Waals surface area contributed by atoms with Crippen molar-refractivity contribution in [1.29, 1.82) is 0 Å². The molecule has 0 unspecified atom stereocenters. The van der Waals surface area contributed by atoms with Crippen LogP contribution in [0.15, 0.2) is 65.0 Å². The van der Waals surface area contributed by atoms with E-state index in [4.69, 9.17) is 0 Å². The van der Waals surface area contributed by atoms with Gasteiger partial charge in [-0.1, -0.05) is 24.3 Å². The fourth-order valence-corrected chi connectivity index (χ4v) is 3.57. The highest BCUT2D eigenvalue weighted by Crippen LogP contribution is 2.39. The highest BCUT2D eigenvalue weighted by atomic mass is 32.1. The SMILES string of the molecule is Cc1cc2c(O)ccc(/N=N/c3nccc4ccccc34)c2s1. The predicted molar refractivity (Wildman–Crippen MR) is 94.1 cm³/mol. The van der Waals surface area contributed by atoms with Crippen LogP contribution in [0.4, 0.5) is 11.5 Å². The quantitative estimate of drug-likeness (QED) is 0.469. The lowest BCUT2D eigenvalue weighted by atomic mass is 10.2. The lowest BCUT2D eigenvalue weighted by Crippen LogP contribution is -1.77. The summed E-state index contributed by atoms with van der Waals surface area (Å²) >= 11 is 1.60. The summed E-state index contributed by atoms with van der Waals surface area (Å²) in [5, 5.41) is 21.5. The number of nitrogens with zero attached hydrogens (tertiary/aromatic N) is 3. The fourth-order valence-electron chi connectivity index (χ4n) is 2.58. The molecule has 0 aliphatic rings. The molecule has 0 aliphatic heterocycles. The van der Waals surface area contributed by atoms with E-state index in [-0.39, 0.29) is 5.75 Å². The molecule has 0 aliphatic carbocycles. The van der Waals surface area contributed by atoms with Gasteiger partial charge in [-0.15, -0.1) is 21.6 Å². The maximum Gasteiger partial charge on any atom is 0.182 e. The first-order valence-electron chi connectivity index (χ1n) is 7.20. The molecule has 23 heavy (non-hydrogen) atoms. The number of pyridine rings is 1. The molecule has 1 N–H and O–H groups in total. The van der Waals surface area contributed by atoms with Gasteiger partial charge in [0.05, 0.1) is 4.70 Å². The number of fused-ring (bicyclic) bond motifs is 2.